The highest BCUT2D eigenvalue weighted by Crippen LogP contribution is 2.41. The van der Waals surface area contributed by atoms with E-state index in [-0.39, 0.29) is 16.6 Å². The first-order chi connectivity index (χ1) is 9.29. The Morgan fingerprint density at radius 3 is 1.70 bits per heavy atom. The third-order valence-electron chi connectivity index (χ3n) is 5.79. The Bertz CT molecular complexity index is 451. The summed E-state index contributed by atoms with van der Waals surface area (Å²) in [5, 5.41) is 0. The lowest BCUT2D eigenvalue weighted by atomic mass is 9.70. The molecule has 0 nitrogen and oxygen atoms in total. The molecule has 0 radical (unpaired) electrons. The van der Waals surface area contributed by atoms with Gasteiger partial charge in [-0.1, -0.05) is 47.6 Å². The van der Waals surface area contributed by atoms with E-state index in [2.05, 4.69) is 48.5 Å². The highest BCUT2D eigenvalue weighted by atomic mass is 19.1. The Kier molecular flexibility index (Phi) is 5.40. The van der Waals surface area contributed by atoms with Crippen LogP contribution in [0.25, 0.3) is 0 Å². The van der Waals surface area contributed by atoms with Crippen LogP contribution in [-0.2, 0) is 10.8 Å². The first kappa shape index (κ1) is 17.2. The van der Waals surface area contributed by atoms with Gasteiger partial charge < -0.3 is 0 Å². The van der Waals surface area contributed by atoms with Crippen molar-refractivity contribution in [3.63, 3.8) is 0 Å². The normalized spacial score (nSPS) is 12.8. The SMILES string of the molecule is CCC(C)(CC)c1ccc(F)c(C(C)(CC)CC)c1C. The summed E-state index contributed by atoms with van der Waals surface area (Å²) in [4.78, 5) is 0. The average Bonchev–Trinajstić information content (AvgIpc) is 2.46. The topological polar surface area (TPSA) is 0 Å². The fourth-order valence-corrected chi connectivity index (χ4v) is 3.31. The van der Waals surface area contributed by atoms with Crippen molar-refractivity contribution in [3.05, 3.63) is 34.6 Å². The van der Waals surface area contributed by atoms with Crippen LogP contribution in [0, 0.1) is 12.7 Å². The van der Waals surface area contributed by atoms with Crippen molar-refractivity contribution in [3.8, 4) is 0 Å². The second kappa shape index (κ2) is 6.28. The zero-order valence-corrected chi connectivity index (χ0v) is 14.4. The van der Waals surface area contributed by atoms with Crippen LogP contribution in [0.1, 0.15) is 83.9 Å². The molecule has 0 aromatic heterocycles. The van der Waals surface area contributed by atoms with E-state index in [1.807, 2.05) is 6.07 Å². The minimum atomic E-state index is -0.0629. The van der Waals surface area contributed by atoms with Crippen molar-refractivity contribution in [2.24, 2.45) is 0 Å². The predicted molar refractivity (Wildman–Crippen MR) is 87.0 cm³/mol. The minimum absolute atomic E-state index is 0.0352. The second-order valence-corrected chi connectivity index (χ2v) is 6.63. The molecule has 0 N–H and O–H groups in total. The van der Waals surface area contributed by atoms with Crippen LogP contribution in [0.15, 0.2) is 12.1 Å². The van der Waals surface area contributed by atoms with Gasteiger partial charge >= 0.3 is 0 Å². The number of hydrogen-bond donors (Lipinski definition) is 0. The van der Waals surface area contributed by atoms with Gasteiger partial charge in [-0.2, -0.15) is 0 Å². The largest absolute Gasteiger partial charge is 0.207 e. The van der Waals surface area contributed by atoms with Crippen molar-refractivity contribution in [2.45, 2.75) is 85.0 Å². The summed E-state index contributed by atoms with van der Waals surface area (Å²) in [5.74, 6) is -0.0352. The molecule has 0 amide bonds. The second-order valence-electron chi connectivity index (χ2n) is 6.63. The number of rotatable bonds is 6. The minimum Gasteiger partial charge on any atom is -0.207 e. The van der Waals surface area contributed by atoms with E-state index in [0.717, 1.165) is 31.2 Å². The van der Waals surface area contributed by atoms with E-state index in [1.165, 1.54) is 11.1 Å². The molecule has 0 bridgehead atoms. The summed E-state index contributed by atoms with van der Waals surface area (Å²) in [6, 6.07) is 3.69. The van der Waals surface area contributed by atoms with Gasteiger partial charge in [-0.25, -0.2) is 4.39 Å². The van der Waals surface area contributed by atoms with E-state index in [0.29, 0.717) is 0 Å². The van der Waals surface area contributed by atoms with Crippen LogP contribution in [0.3, 0.4) is 0 Å². The monoisotopic (exact) mass is 278 g/mol. The van der Waals surface area contributed by atoms with Gasteiger partial charge in [0, 0.05) is 0 Å². The molecule has 0 fully saturated rings. The third-order valence-corrected chi connectivity index (χ3v) is 5.79. The Morgan fingerprint density at radius 2 is 1.30 bits per heavy atom. The predicted octanol–water partition coefficient (Wildman–Crippen LogP) is 6.29. The first-order valence-electron chi connectivity index (χ1n) is 8.09. The summed E-state index contributed by atoms with van der Waals surface area (Å²) in [7, 11) is 0. The Morgan fingerprint density at radius 1 is 0.850 bits per heavy atom. The molecule has 20 heavy (non-hydrogen) atoms. The number of hydrogen-bond acceptors (Lipinski definition) is 0. The van der Waals surface area contributed by atoms with Crippen LogP contribution in [-0.4, -0.2) is 0 Å². The molecular formula is C19H31F. The van der Waals surface area contributed by atoms with Gasteiger partial charge in [0.05, 0.1) is 0 Å². The summed E-state index contributed by atoms with van der Waals surface area (Å²) in [6.07, 6.45) is 4.12. The van der Waals surface area contributed by atoms with Crippen molar-refractivity contribution in [1.82, 2.24) is 0 Å². The zero-order valence-electron chi connectivity index (χ0n) is 14.4. The van der Waals surface area contributed by atoms with Crippen molar-refractivity contribution in [1.29, 1.82) is 0 Å². The molecule has 1 aromatic carbocycles. The molecule has 0 saturated heterocycles. The van der Waals surface area contributed by atoms with Crippen LogP contribution in [0.5, 0.6) is 0 Å². The van der Waals surface area contributed by atoms with E-state index in [4.69, 9.17) is 0 Å². The highest BCUT2D eigenvalue weighted by molar-refractivity contribution is 5.43. The molecule has 0 saturated carbocycles. The van der Waals surface area contributed by atoms with Gasteiger partial charge in [0.1, 0.15) is 5.82 Å². The zero-order chi connectivity index (χ0) is 15.6. The molecule has 0 aliphatic rings. The lowest BCUT2D eigenvalue weighted by molar-refractivity contribution is 0.401. The van der Waals surface area contributed by atoms with E-state index in [1.54, 1.807) is 6.07 Å². The molecule has 0 aliphatic heterocycles. The van der Waals surface area contributed by atoms with Gasteiger partial charge in [-0.15, -0.1) is 0 Å². The molecule has 0 unspecified atom stereocenters. The van der Waals surface area contributed by atoms with Crippen molar-refractivity contribution in [2.75, 3.05) is 0 Å². The van der Waals surface area contributed by atoms with Crippen LogP contribution >= 0.6 is 0 Å². The molecule has 0 heterocycles. The Labute approximate surface area is 124 Å². The van der Waals surface area contributed by atoms with E-state index in [9.17, 15) is 4.39 Å². The standard InChI is InChI=1S/C19H31F/c1-8-18(6,9-2)15-12-13-16(20)17(14(15)5)19(7,10-3)11-4/h12-13H,8-11H2,1-7H3. The number of benzene rings is 1. The highest BCUT2D eigenvalue weighted by Gasteiger charge is 2.32. The maximum atomic E-state index is 14.5. The quantitative estimate of drug-likeness (QED) is 0.573. The molecule has 1 heteroatoms. The molecule has 0 spiro atoms. The molecule has 0 atom stereocenters. The van der Waals surface area contributed by atoms with Crippen molar-refractivity contribution >= 4 is 0 Å². The molecule has 0 aliphatic carbocycles. The lowest BCUT2D eigenvalue weighted by Crippen LogP contribution is -2.27. The van der Waals surface area contributed by atoms with Gasteiger partial charge in [-0.05, 0) is 66.2 Å². The van der Waals surface area contributed by atoms with Gasteiger partial charge in [0.25, 0.3) is 0 Å². The molecular weight excluding hydrogens is 247 g/mol. The maximum absolute atomic E-state index is 14.5. The van der Waals surface area contributed by atoms with Crippen LogP contribution in [0.4, 0.5) is 4.39 Å². The molecule has 1 aromatic rings. The fraction of sp³-hybridized carbons (Fsp3) is 0.684. The van der Waals surface area contributed by atoms with Crippen molar-refractivity contribution < 1.29 is 4.39 Å². The maximum Gasteiger partial charge on any atom is 0.127 e. The van der Waals surface area contributed by atoms with E-state index >= 15 is 0 Å². The van der Waals surface area contributed by atoms with Gasteiger partial charge in [0.15, 0.2) is 0 Å². The Balaban J connectivity index is 3.57. The molecule has 1 rings (SSSR count). The Hall–Kier alpha value is -0.850. The van der Waals surface area contributed by atoms with Gasteiger partial charge in [-0.3, -0.25) is 0 Å². The lowest BCUT2D eigenvalue weighted by Gasteiger charge is -2.35. The smallest absolute Gasteiger partial charge is 0.127 e. The summed E-state index contributed by atoms with van der Waals surface area (Å²) >= 11 is 0. The molecule has 114 valence electrons. The number of halogens is 1. The first-order valence-corrected chi connectivity index (χ1v) is 8.09. The summed E-state index contributed by atoms with van der Waals surface area (Å²) in [6.45, 7) is 15.4. The summed E-state index contributed by atoms with van der Waals surface area (Å²) in [5.41, 5.74) is 3.52. The van der Waals surface area contributed by atoms with Gasteiger partial charge in [0.2, 0.25) is 0 Å². The third kappa shape index (κ3) is 2.77. The summed E-state index contributed by atoms with van der Waals surface area (Å²) < 4.78 is 14.5. The van der Waals surface area contributed by atoms with E-state index < -0.39 is 0 Å². The van der Waals surface area contributed by atoms with Crippen LogP contribution in [0.2, 0.25) is 0 Å². The average molecular weight is 278 g/mol. The van der Waals surface area contributed by atoms with Crippen LogP contribution < -0.4 is 0 Å². The fourth-order valence-electron chi connectivity index (χ4n) is 3.31.